The molecule has 11 heteroatoms. The first-order valence-electron chi connectivity index (χ1n) is 6.85. The molecule has 26 heavy (non-hydrogen) atoms. The lowest BCUT2D eigenvalue weighted by molar-refractivity contribution is -0.138. The van der Waals surface area contributed by atoms with Crippen molar-refractivity contribution in [2.75, 3.05) is 0 Å². The van der Waals surface area contributed by atoms with Crippen molar-refractivity contribution in [3.63, 3.8) is 0 Å². The highest BCUT2D eigenvalue weighted by atomic mass is 19.4. The summed E-state index contributed by atoms with van der Waals surface area (Å²) in [7, 11) is 0. The van der Waals surface area contributed by atoms with E-state index in [1.54, 1.807) is 0 Å². The fourth-order valence-corrected chi connectivity index (χ4v) is 2.31. The van der Waals surface area contributed by atoms with Gasteiger partial charge in [0.05, 0.1) is 17.5 Å². The topological polar surface area (TPSA) is 67.5 Å². The molecule has 0 atom stereocenters. The van der Waals surface area contributed by atoms with Gasteiger partial charge in [0.2, 0.25) is 0 Å². The molecule has 1 N–H and O–H groups in total. The van der Waals surface area contributed by atoms with Crippen molar-refractivity contribution in [2.24, 2.45) is 0 Å². The van der Waals surface area contributed by atoms with Crippen LogP contribution < -0.4 is 0 Å². The van der Waals surface area contributed by atoms with Crippen molar-refractivity contribution in [1.29, 1.82) is 0 Å². The van der Waals surface area contributed by atoms with Crippen LogP contribution in [0.1, 0.15) is 21.5 Å². The van der Waals surface area contributed by atoms with Gasteiger partial charge < -0.3 is 5.11 Å². The van der Waals surface area contributed by atoms with Crippen LogP contribution in [-0.4, -0.2) is 25.7 Å². The molecule has 0 bridgehead atoms. The summed E-state index contributed by atoms with van der Waals surface area (Å²) in [6.45, 7) is 0. The molecule has 0 saturated heterocycles. The molecule has 0 aliphatic heterocycles. The molecule has 0 amide bonds. The minimum Gasteiger partial charge on any atom is -0.477 e. The Labute approximate surface area is 140 Å². The number of halogens is 6. The third-order valence-corrected chi connectivity index (χ3v) is 3.51. The minimum absolute atomic E-state index is 0.245. The zero-order valence-electron chi connectivity index (χ0n) is 12.4. The van der Waals surface area contributed by atoms with Crippen molar-refractivity contribution in [2.45, 2.75) is 12.4 Å². The molecule has 136 valence electrons. The Morgan fingerprint density at radius 3 is 2.12 bits per heavy atom. The smallest absolute Gasteiger partial charge is 0.419 e. The summed E-state index contributed by atoms with van der Waals surface area (Å²) in [5.74, 6) is -1.45. The van der Waals surface area contributed by atoms with Gasteiger partial charge in [0, 0.05) is 11.8 Å². The largest absolute Gasteiger partial charge is 0.477 e. The average molecular weight is 375 g/mol. The van der Waals surface area contributed by atoms with Crippen LogP contribution in [0.3, 0.4) is 0 Å². The van der Waals surface area contributed by atoms with Crippen molar-refractivity contribution in [1.82, 2.24) is 14.6 Å². The van der Waals surface area contributed by atoms with Gasteiger partial charge in [-0.25, -0.2) is 14.3 Å². The molecule has 0 aliphatic carbocycles. The monoisotopic (exact) mass is 375 g/mol. The fraction of sp³-hybridized carbons (Fsp3) is 0.133. The van der Waals surface area contributed by atoms with Gasteiger partial charge in [-0.1, -0.05) is 12.1 Å². The van der Waals surface area contributed by atoms with Gasteiger partial charge in [-0.3, -0.25) is 0 Å². The number of nitrogens with zero attached hydrogens (tertiary/aromatic N) is 3. The van der Waals surface area contributed by atoms with Crippen LogP contribution in [-0.2, 0) is 12.4 Å². The lowest BCUT2D eigenvalue weighted by Gasteiger charge is -2.13. The van der Waals surface area contributed by atoms with Gasteiger partial charge >= 0.3 is 18.3 Å². The SMILES string of the molecule is O=C(O)c1cnn2cc(C(F)(F)F)c(-c3ccc(C(F)(F)F)cc3)nc12. The minimum atomic E-state index is -4.88. The van der Waals surface area contributed by atoms with E-state index in [-0.39, 0.29) is 11.2 Å². The maximum Gasteiger partial charge on any atom is 0.419 e. The third kappa shape index (κ3) is 3.07. The number of rotatable bonds is 2. The lowest BCUT2D eigenvalue weighted by Crippen LogP contribution is -2.12. The summed E-state index contributed by atoms with van der Waals surface area (Å²) < 4.78 is 78.5. The first-order chi connectivity index (χ1) is 12.0. The molecule has 1 aromatic carbocycles. The lowest BCUT2D eigenvalue weighted by atomic mass is 10.0. The molecule has 0 aliphatic rings. The third-order valence-electron chi connectivity index (χ3n) is 3.51. The van der Waals surface area contributed by atoms with Gasteiger partial charge in [0.1, 0.15) is 11.1 Å². The van der Waals surface area contributed by atoms with Gasteiger partial charge in [-0.2, -0.15) is 31.4 Å². The second-order valence-electron chi connectivity index (χ2n) is 5.21. The second-order valence-corrected chi connectivity index (χ2v) is 5.21. The zero-order chi connectivity index (χ0) is 19.3. The number of alkyl halides is 6. The highest BCUT2D eigenvalue weighted by molar-refractivity contribution is 5.94. The Bertz CT molecular complexity index is 990. The number of carboxylic acids is 1. The second kappa shape index (κ2) is 5.71. The van der Waals surface area contributed by atoms with Crippen LogP contribution in [0.2, 0.25) is 0 Å². The molecule has 3 aromatic rings. The van der Waals surface area contributed by atoms with E-state index < -0.39 is 40.7 Å². The molecule has 2 heterocycles. The number of aromatic carboxylic acids is 1. The van der Waals surface area contributed by atoms with Crippen molar-refractivity contribution >= 4 is 11.6 Å². The summed E-state index contributed by atoms with van der Waals surface area (Å²) in [6.07, 6.45) is -8.15. The number of hydrogen-bond donors (Lipinski definition) is 1. The standard InChI is InChI=1S/C15H7F6N3O2/c16-14(17,18)8-3-1-7(2-4-8)11-10(15(19,20)21)6-24-12(23-11)9(5-22-24)13(25)26/h1-6H,(H,25,26). The maximum absolute atomic E-state index is 13.3. The van der Waals surface area contributed by atoms with Gasteiger partial charge in [-0.15, -0.1) is 0 Å². The van der Waals surface area contributed by atoms with E-state index in [2.05, 4.69) is 10.1 Å². The van der Waals surface area contributed by atoms with Crippen LogP contribution in [0.4, 0.5) is 26.3 Å². The molecule has 2 aromatic heterocycles. The number of carboxylic acid groups (broad SMARTS) is 1. The molecule has 0 radical (unpaired) electrons. The maximum atomic E-state index is 13.3. The Morgan fingerprint density at radius 1 is 1.00 bits per heavy atom. The van der Waals surface area contributed by atoms with Crippen LogP contribution in [0.15, 0.2) is 36.7 Å². The van der Waals surface area contributed by atoms with Crippen LogP contribution in [0.25, 0.3) is 16.9 Å². The average Bonchev–Trinajstić information content (AvgIpc) is 2.95. The van der Waals surface area contributed by atoms with E-state index in [0.29, 0.717) is 22.8 Å². The van der Waals surface area contributed by atoms with Crippen LogP contribution >= 0.6 is 0 Å². The molecule has 0 fully saturated rings. The van der Waals surface area contributed by atoms with Crippen molar-refractivity contribution < 1.29 is 36.2 Å². The number of aromatic nitrogens is 3. The highest BCUT2D eigenvalue weighted by Gasteiger charge is 2.36. The normalized spacial score (nSPS) is 12.5. The molecule has 0 unspecified atom stereocenters. The molecule has 5 nitrogen and oxygen atoms in total. The summed E-state index contributed by atoms with van der Waals surface area (Å²) >= 11 is 0. The fourth-order valence-electron chi connectivity index (χ4n) is 2.31. The summed E-state index contributed by atoms with van der Waals surface area (Å²) in [6, 6.07) is 2.92. The van der Waals surface area contributed by atoms with E-state index in [9.17, 15) is 31.1 Å². The molecule has 0 spiro atoms. The Kier molecular flexibility index (Phi) is 3.89. The predicted octanol–water partition coefficient (Wildman–Crippen LogP) is 4.13. The van der Waals surface area contributed by atoms with Gasteiger partial charge in [0.15, 0.2) is 5.65 Å². The van der Waals surface area contributed by atoms with Crippen LogP contribution in [0, 0.1) is 0 Å². The van der Waals surface area contributed by atoms with E-state index in [4.69, 9.17) is 5.11 Å². The van der Waals surface area contributed by atoms with E-state index in [1.165, 1.54) is 0 Å². The molecule has 3 rings (SSSR count). The van der Waals surface area contributed by atoms with E-state index in [0.717, 1.165) is 18.3 Å². The van der Waals surface area contributed by atoms with Gasteiger partial charge in [0.25, 0.3) is 0 Å². The highest BCUT2D eigenvalue weighted by Crippen LogP contribution is 2.37. The Balaban J connectivity index is 2.25. The van der Waals surface area contributed by atoms with Crippen LogP contribution in [0.5, 0.6) is 0 Å². The Morgan fingerprint density at radius 2 is 1.62 bits per heavy atom. The molecular formula is C15H7F6N3O2. The van der Waals surface area contributed by atoms with E-state index in [1.807, 2.05) is 0 Å². The summed E-state index contributed by atoms with van der Waals surface area (Å²) in [5.41, 5.74) is -4.03. The van der Waals surface area contributed by atoms with E-state index >= 15 is 0 Å². The Hall–Kier alpha value is -3.11. The predicted molar refractivity (Wildman–Crippen MR) is 75.4 cm³/mol. The van der Waals surface area contributed by atoms with Gasteiger partial charge in [-0.05, 0) is 12.1 Å². The quantitative estimate of drug-likeness (QED) is 0.684. The number of hydrogen-bond acceptors (Lipinski definition) is 3. The molecular weight excluding hydrogens is 368 g/mol. The first kappa shape index (κ1) is 17.7. The summed E-state index contributed by atoms with van der Waals surface area (Å²) in [5, 5.41) is 12.6. The van der Waals surface area contributed by atoms with Crippen molar-refractivity contribution in [3.05, 3.63) is 53.3 Å². The zero-order valence-corrected chi connectivity index (χ0v) is 12.4. The first-order valence-corrected chi connectivity index (χ1v) is 6.85. The number of carbonyl (C=O) groups is 1. The number of benzene rings is 1. The number of fused-ring (bicyclic) bond motifs is 1. The van der Waals surface area contributed by atoms with Crippen molar-refractivity contribution in [3.8, 4) is 11.3 Å². The molecule has 0 saturated carbocycles. The summed E-state index contributed by atoms with van der Waals surface area (Å²) in [4.78, 5) is 14.8.